The van der Waals surface area contributed by atoms with E-state index in [-0.39, 0.29) is 6.04 Å². The Morgan fingerprint density at radius 3 is 2.00 bits per heavy atom. The molecule has 2 nitrogen and oxygen atoms in total. The van der Waals surface area contributed by atoms with E-state index in [0.29, 0.717) is 0 Å². The summed E-state index contributed by atoms with van der Waals surface area (Å²) < 4.78 is 0. The quantitative estimate of drug-likeness (QED) is 0.605. The van der Waals surface area contributed by atoms with Crippen molar-refractivity contribution in [3.05, 3.63) is 0 Å². The average Bonchev–Trinajstić information content (AvgIpc) is 2.33. The number of carbonyl (C=O) groups is 1. The van der Waals surface area contributed by atoms with Crippen LogP contribution in [0.3, 0.4) is 0 Å². The fourth-order valence-corrected chi connectivity index (χ4v) is 2.87. The lowest BCUT2D eigenvalue weighted by Gasteiger charge is -2.21. The molecule has 16 heavy (non-hydrogen) atoms. The molecule has 0 heterocycles. The van der Waals surface area contributed by atoms with Crippen LogP contribution in [0.25, 0.3) is 0 Å². The zero-order valence-corrected chi connectivity index (χ0v) is 11.4. The maximum Gasteiger partial charge on any atom is 0.137 e. The van der Waals surface area contributed by atoms with Crippen LogP contribution in [0.15, 0.2) is 0 Å². The minimum absolute atomic E-state index is 0.0398. The predicted molar refractivity (Wildman–Crippen MR) is 72.4 cm³/mol. The summed E-state index contributed by atoms with van der Waals surface area (Å²) in [4.78, 5) is 10.8. The van der Waals surface area contributed by atoms with E-state index < -0.39 is 0 Å². The second-order valence-corrected chi connectivity index (χ2v) is 5.40. The van der Waals surface area contributed by atoms with Gasteiger partial charge in [0.25, 0.3) is 0 Å². The fourth-order valence-electron chi connectivity index (χ4n) is 2.65. The van der Waals surface area contributed by atoms with Crippen LogP contribution >= 0.6 is 9.39 Å². The van der Waals surface area contributed by atoms with Crippen molar-refractivity contribution in [2.45, 2.75) is 70.3 Å². The minimum atomic E-state index is 0.0398. The van der Waals surface area contributed by atoms with Gasteiger partial charge in [0.1, 0.15) is 6.29 Å². The van der Waals surface area contributed by atoms with E-state index in [4.69, 9.17) is 0 Å². The van der Waals surface area contributed by atoms with Crippen LogP contribution in [0.1, 0.15) is 64.2 Å². The van der Waals surface area contributed by atoms with Crippen LogP contribution in [0.5, 0.6) is 0 Å². The molecule has 0 aliphatic heterocycles. The van der Waals surface area contributed by atoms with E-state index in [1.807, 2.05) is 0 Å². The lowest BCUT2D eigenvalue weighted by atomic mass is 9.88. The number of nitrogens with one attached hydrogen (secondary N) is 1. The Hall–Kier alpha value is 0.0600. The lowest BCUT2D eigenvalue weighted by molar-refractivity contribution is -0.109. The van der Waals surface area contributed by atoms with Gasteiger partial charge < -0.3 is 4.79 Å². The molecule has 1 aliphatic carbocycles. The van der Waals surface area contributed by atoms with Gasteiger partial charge in [-0.2, -0.15) is 0 Å². The van der Waals surface area contributed by atoms with Crippen LogP contribution in [-0.4, -0.2) is 12.3 Å². The van der Waals surface area contributed by atoms with Gasteiger partial charge in [-0.3, -0.25) is 5.09 Å². The number of rotatable bonds is 4. The Morgan fingerprint density at radius 1 is 1.06 bits per heavy atom. The third-order valence-corrected chi connectivity index (χ3v) is 4.12. The molecule has 1 fully saturated rings. The van der Waals surface area contributed by atoms with E-state index in [9.17, 15) is 4.79 Å². The van der Waals surface area contributed by atoms with E-state index in [1.165, 1.54) is 57.8 Å². The van der Waals surface area contributed by atoms with E-state index in [0.717, 1.165) is 18.6 Å². The monoisotopic (exact) mass is 243 g/mol. The summed E-state index contributed by atoms with van der Waals surface area (Å²) in [6.07, 6.45) is 14.4. The Labute approximate surface area is 102 Å². The van der Waals surface area contributed by atoms with Crippen molar-refractivity contribution >= 4 is 15.7 Å². The molecule has 0 aromatic heterocycles. The number of carbonyl (C=O) groups excluding carboxylic acids is 1. The van der Waals surface area contributed by atoms with E-state index in [2.05, 4.69) is 14.5 Å². The Bertz CT molecular complexity index is 177. The van der Waals surface area contributed by atoms with Gasteiger partial charge in [0.2, 0.25) is 0 Å². The molecule has 0 spiro atoms. The molecule has 0 saturated heterocycles. The maximum atomic E-state index is 10.8. The molecule has 3 heteroatoms. The van der Waals surface area contributed by atoms with Crippen LogP contribution in [0, 0.1) is 5.92 Å². The van der Waals surface area contributed by atoms with Gasteiger partial charge in [0.05, 0.1) is 6.04 Å². The predicted octanol–water partition coefficient (Wildman–Crippen LogP) is 3.46. The van der Waals surface area contributed by atoms with Crippen molar-refractivity contribution in [1.29, 1.82) is 0 Å². The van der Waals surface area contributed by atoms with E-state index >= 15 is 0 Å². The number of aldehydes is 1. The van der Waals surface area contributed by atoms with Crippen molar-refractivity contribution in [2.75, 3.05) is 0 Å². The molecule has 0 amide bonds. The first-order valence-electron chi connectivity index (χ1n) is 6.78. The standard InChI is InChI=1S/C13H26NOP/c15-11-13(14-16)10-12-8-6-4-2-1-3-5-7-9-12/h11-14H,1-10,16H2. The Morgan fingerprint density at radius 2 is 1.56 bits per heavy atom. The average molecular weight is 243 g/mol. The summed E-state index contributed by atoms with van der Waals surface area (Å²) in [5.74, 6) is 0.751. The summed E-state index contributed by atoms with van der Waals surface area (Å²) in [5.41, 5.74) is 0. The van der Waals surface area contributed by atoms with Crippen LogP contribution in [0.4, 0.5) is 0 Å². The number of hydrogen-bond donors (Lipinski definition) is 1. The molecule has 94 valence electrons. The van der Waals surface area contributed by atoms with Crippen molar-refractivity contribution in [1.82, 2.24) is 5.09 Å². The first-order valence-corrected chi connectivity index (χ1v) is 7.36. The van der Waals surface area contributed by atoms with Crippen molar-refractivity contribution in [2.24, 2.45) is 5.92 Å². The molecule has 0 aromatic carbocycles. The summed E-state index contributed by atoms with van der Waals surface area (Å²) in [6.45, 7) is 0. The fraction of sp³-hybridized carbons (Fsp3) is 0.923. The highest BCUT2D eigenvalue weighted by Crippen LogP contribution is 2.24. The first-order chi connectivity index (χ1) is 7.86. The van der Waals surface area contributed by atoms with Crippen LogP contribution in [0.2, 0.25) is 0 Å². The first kappa shape index (κ1) is 14.1. The van der Waals surface area contributed by atoms with Gasteiger partial charge in [0, 0.05) is 0 Å². The van der Waals surface area contributed by atoms with Gasteiger partial charge in [-0.1, -0.05) is 67.2 Å². The zero-order chi connectivity index (χ0) is 11.6. The van der Waals surface area contributed by atoms with Gasteiger partial charge in [-0.05, 0) is 12.3 Å². The zero-order valence-electron chi connectivity index (χ0n) is 10.3. The van der Waals surface area contributed by atoms with Gasteiger partial charge in [-0.25, -0.2) is 0 Å². The summed E-state index contributed by atoms with van der Waals surface area (Å²) in [5, 5.41) is 3.01. The van der Waals surface area contributed by atoms with Crippen molar-refractivity contribution in [3.63, 3.8) is 0 Å². The van der Waals surface area contributed by atoms with Crippen molar-refractivity contribution < 1.29 is 4.79 Å². The molecule has 1 N–H and O–H groups in total. The third-order valence-electron chi connectivity index (χ3n) is 3.69. The number of hydrogen-bond acceptors (Lipinski definition) is 2. The lowest BCUT2D eigenvalue weighted by Crippen LogP contribution is -2.25. The maximum absolute atomic E-state index is 10.8. The third kappa shape index (κ3) is 5.96. The van der Waals surface area contributed by atoms with Crippen LogP contribution in [-0.2, 0) is 4.79 Å². The molecule has 2 unspecified atom stereocenters. The van der Waals surface area contributed by atoms with Gasteiger partial charge in [0.15, 0.2) is 0 Å². The molecule has 2 atom stereocenters. The van der Waals surface area contributed by atoms with Gasteiger partial charge in [-0.15, -0.1) is 0 Å². The topological polar surface area (TPSA) is 29.1 Å². The smallest absolute Gasteiger partial charge is 0.137 e. The Kier molecular flexibility index (Phi) is 8.06. The molecule has 0 aromatic rings. The van der Waals surface area contributed by atoms with Crippen molar-refractivity contribution in [3.8, 4) is 0 Å². The molecule has 0 bridgehead atoms. The van der Waals surface area contributed by atoms with E-state index in [1.54, 1.807) is 0 Å². The molecule has 1 saturated carbocycles. The summed E-state index contributed by atoms with van der Waals surface area (Å²) in [6, 6.07) is 0.0398. The second kappa shape index (κ2) is 9.13. The summed E-state index contributed by atoms with van der Waals surface area (Å²) >= 11 is 0. The molecule has 1 rings (SSSR count). The molecule has 0 radical (unpaired) electrons. The Balaban J connectivity index is 2.31. The second-order valence-electron chi connectivity index (χ2n) is 5.06. The van der Waals surface area contributed by atoms with Crippen LogP contribution < -0.4 is 5.09 Å². The highest BCUT2D eigenvalue weighted by atomic mass is 31.0. The highest BCUT2D eigenvalue weighted by Gasteiger charge is 2.15. The molecule has 1 aliphatic rings. The largest absolute Gasteiger partial charge is 0.302 e. The minimum Gasteiger partial charge on any atom is -0.302 e. The molecular weight excluding hydrogens is 217 g/mol. The molecular formula is C13H26NOP. The normalized spacial score (nSPS) is 22.6. The summed E-state index contributed by atoms with van der Waals surface area (Å²) in [7, 11) is 2.46. The highest BCUT2D eigenvalue weighted by molar-refractivity contribution is 7.13. The SMILES string of the molecule is O=CC(CC1CCCCCCCCC1)NP. The van der Waals surface area contributed by atoms with Gasteiger partial charge >= 0.3 is 0 Å².